The summed E-state index contributed by atoms with van der Waals surface area (Å²) in [5.41, 5.74) is 8.08. The number of amides is 1. The average molecular weight is 598 g/mol. The summed E-state index contributed by atoms with van der Waals surface area (Å²) < 4.78 is 6.33. The second kappa shape index (κ2) is 13.5. The van der Waals surface area contributed by atoms with Crippen molar-refractivity contribution in [2.75, 3.05) is 5.75 Å². The van der Waals surface area contributed by atoms with E-state index >= 15 is 0 Å². The average Bonchev–Trinajstić information content (AvgIpc) is 3.43. The van der Waals surface area contributed by atoms with Gasteiger partial charge in [-0.05, 0) is 46.0 Å². The largest absolute Gasteiger partial charge is 0.480 e. The number of benzene rings is 5. The van der Waals surface area contributed by atoms with Gasteiger partial charge in [-0.1, -0.05) is 115 Å². The predicted octanol–water partition coefficient (Wildman–Crippen LogP) is 8.47. The lowest BCUT2D eigenvalue weighted by atomic mass is 9.96. The van der Waals surface area contributed by atoms with E-state index in [0.29, 0.717) is 11.3 Å². The SMILES string of the molecule is O=C(N[C@@H](CSCc1ccc(-c2ccc(-c3c(Cc4ccccc4)oc4ccccc34)cc2)cc1)C(=O)O)c1ccccc1. The highest BCUT2D eigenvalue weighted by molar-refractivity contribution is 7.98. The predicted molar refractivity (Wildman–Crippen MR) is 178 cm³/mol. The Kier molecular flexibility index (Phi) is 8.90. The van der Waals surface area contributed by atoms with Crippen LogP contribution in [0.5, 0.6) is 0 Å². The van der Waals surface area contributed by atoms with Crippen LogP contribution in [0.25, 0.3) is 33.2 Å². The van der Waals surface area contributed by atoms with Crippen LogP contribution in [-0.2, 0) is 17.0 Å². The second-order valence-corrected chi connectivity index (χ2v) is 11.6. The third kappa shape index (κ3) is 6.77. The van der Waals surface area contributed by atoms with Crippen molar-refractivity contribution >= 4 is 34.6 Å². The quantitative estimate of drug-likeness (QED) is 0.157. The fourth-order valence-corrected chi connectivity index (χ4v) is 6.25. The van der Waals surface area contributed by atoms with Gasteiger partial charge in [-0.3, -0.25) is 4.79 Å². The van der Waals surface area contributed by atoms with Gasteiger partial charge in [0.25, 0.3) is 5.91 Å². The number of aliphatic carboxylic acids is 1. The molecule has 0 saturated heterocycles. The Hall–Kier alpha value is -5.07. The van der Waals surface area contributed by atoms with Gasteiger partial charge in [0.15, 0.2) is 0 Å². The second-order valence-electron chi connectivity index (χ2n) is 10.6. The third-order valence-electron chi connectivity index (χ3n) is 7.53. The van der Waals surface area contributed by atoms with Gasteiger partial charge in [0.1, 0.15) is 17.4 Å². The minimum atomic E-state index is -1.05. The molecule has 5 nitrogen and oxygen atoms in total. The first-order valence-corrected chi connectivity index (χ1v) is 15.6. The zero-order valence-corrected chi connectivity index (χ0v) is 24.8. The van der Waals surface area contributed by atoms with Crippen molar-refractivity contribution in [2.45, 2.75) is 18.2 Å². The molecule has 44 heavy (non-hydrogen) atoms. The van der Waals surface area contributed by atoms with Crippen molar-refractivity contribution in [1.29, 1.82) is 0 Å². The third-order valence-corrected chi connectivity index (χ3v) is 8.64. The molecule has 0 unspecified atom stereocenters. The first-order chi connectivity index (χ1) is 21.5. The Morgan fingerprint density at radius 1 is 0.682 bits per heavy atom. The van der Waals surface area contributed by atoms with Crippen LogP contribution in [0, 0.1) is 0 Å². The number of hydrogen-bond donors (Lipinski definition) is 2. The number of nitrogens with one attached hydrogen (secondary N) is 1. The van der Waals surface area contributed by atoms with Crippen LogP contribution in [-0.4, -0.2) is 28.8 Å². The van der Waals surface area contributed by atoms with Crippen LogP contribution in [0.1, 0.15) is 27.2 Å². The van der Waals surface area contributed by atoms with Gasteiger partial charge in [-0.15, -0.1) is 0 Å². The van der Waals surface area contributed by atoms with Gasteiger partial charge in [0, 0.05) is 34.4 Å². The van der Waals surface area contributed by atoms with E-state index in [-0.39, 0.29) is 11.7 Å². The highest BCUT2D eigenvalue weighted by Gasteiger charge is 2.21. The molecule has 0 spiro atoms. The van der Waals surface area contributed by atoms with E-state index in [9.17, 15) is 14.7 Å². The summed E-state index contributed by atoms with van der Waals surface area (Å²) in [6.07, 6.45) is 0.721. The molecule has 2 N–H and O–H groups in total. The Labute approximate surface area is 260 Å². The maximum absolute atomic E-state index is 12.4. The number of para-hydroxylation sites is 1. The molecule has 1 heterocycles. The van der Waals surface area contributed by atoms with Crippen molar-refractivity contribution < 1.29 is 19.1 Å². The molecular formula is C38H31NO4S. The first kappa shape index (κ1) is 29.0. The van der Waals surface area contributed by atoms with Crippen LogP contribution >= 0.6 is 11.8 Å². The molecule has 0 aliphatic carbocycles. The number of carboxylic acids is 1. The van der Waals surface area contributed by atoms with Crippen molar-refractivity contribution in [3.8, 4) is 22.3 Å². The molecule has 0 aliphatic rings. The zero-order chi connectivity index (χ0) is 30.3. The fourth-order valence-electron chi connectivity index (χ4n) is 5.24. The van der Waals surface area contributed by atoms with Gasteiger partial charge in [-0.25, -0.2) is 4.79 Å². The molecule has 218 valence electrons. The Balaban J connectivity index is 1.11. The molecule has 1 atom stereocenters. The molecule has 0 radical (unpaired) electrons. The maximum Gasteiger partial charge on any atom is 0.327 e. The Morgan fingerprint density at radius 3 is 1.95 bits per heavy atom. The van der Waals surface area contributed by atoms with Crippen LogP contribution < -0.4 is 5.32 Å². The number of carbonyl (C=O) groups is 2. The molecule has 0 saturated carbocycles. The lowest BCUT2D eigenvalue weighted by molar-refractivity contribution is -0.138. The summed E-state index contributed by atoms with van der Waals surface area (Å²) in [5.74, 6) is 0.434. The van der Waals surface area contributed by atoms with E-state index in [1.54, 1.807) is 24.3 Å². The van der Waals surface area contributed by atoms with Crippen molar-refractivity contribution in [2.24, 2.45) is 0 Å². The molecule has 1 aromatic heterocycles. The lowest BCUT2D eigenvalue weighted by Gasteiger charge is -2.14. The Bertz CT molecular complexity index is 1860. The molecule has 1 amide bonds. The maximum atomic E-state index is 12.4. The van der Waals surface area contributed by atoms with Crippen LogP contribution in [0.15, 0.2) is 138 Å². The Morgan fingerprint density at radius 2 is 1.27 bits per heavy atom. The number of rotatable bonds is 11. The lowest BCUT2D eigenvalue weighted by Crippen LogP contribution is -2.42. The van der Waals surface area contributed by atoms with Gasteiger partial charge in [0.05, 0.1) is 0 Å². The molecule has 0 bridgehead atoms. The van der Waals surface area contributed by atoms with E-state index < -0.39 is 12.0 Å². The summed E-state index contributed by atoms with van der Waals surface area (Å²) in [6, 6.07) is 43.1. The summed E-state index contributed by atoms with van der Waals surface area (Å²) in [7, 11) is 0. The van der Waals surface area contributed by atoms with E-state index in [0.717, 1.165) is 51.0 Å². The molecule has 5 aromatic carbocycles. The minimum Gasteiger partial charge on any atom is -0.480 e. The molecule has 6 aromatic rings. The summed E-state index contributed by atoms with van der Waals surface area (Å²) in [5, 5.41) is 13.3. The highest BCUT2D eigenvalue weighted by Crippen LogP contribution is 2.37. The van der Waals surface area contributed by atoms with Gasteiger partial charge in [0.2, 0.25) is 0 Å². The van der Waals surface area contributed by atoms with Gasteiger partial charge < -0.3 is 14.8 Å². The molecule has 6 rings (SSSR count). The van der Waals surface area contributed by atoms with Crippen LogP contribution in [0.2, 0.25) is 0 Å². The van der Waals surface area contributed by atoms with Gasteiger partial charge >= 0.3 is 5.97 Å². The first-order valence-electron chi connectivity index (χ1n) is 14.5. The molecule has 0 aliphatic heterocycles. The monoisotopic (exact) mass is 597 g/mol. The van der Waals surface area contributed by atoms with E-state index in [4.69, 9.17) is 4.42 Å². The molecular weight excluding hydrogens is 566 g/mol. The van der Waals surface area contributed by atoms with Crippen molar-refractivity contribution in [3.05, 3.63) is 156 Å². The van der Waals surface area contributed by atoms with Gasteiger partial charge in [-0.2, -0.15) is 11.8 Å². The topological polar surface area (TPSA) is 79.5 Å². The van der Waals surface area contributed by atoms with E-state index in [2.05, 4.69) is 84.2 Å². The smallest absolute Gasteiger partial charge is 0.327 e. The van der Waals surface area contributed by atoms with Crippen molar-refractivity contribution in [3.63, 3.8) is 0 Å². The number of thioether (sulfide) groups is 1. The normalized spacial score (nSPS) is 11.7. The number of furan rings is 1. The number of fused-ring (bicyclic) bond motifs is 1. The summed E-state index contributed by atoms with van der Waals surface area (Å²) >= 11 is 1.48. The standard InChI is InChI=1S/C38H31NO4S/c40-37(31-11-5-2-6-12-31)39-33(38(41)42)25-44-24-27-15-17-28(18-16-27)29-19-21-30(22-20-29)36-32-13-7-8-14-34(32)43-35(36)23-26-9-3-1-4-10-26/h1-22,33H,23-25H2,(H,39,40)(H,41,42)/t33-/m0/s1. The number of carboxylic acid groups (broad SMARTS) is 1. The number of hydrogen-bond acceptors (Lipinski definition) is 4. The van der Waals surface area contributed by atoms with Crippen LogP contribution in [0.3, 0.4) is 0 Å². The zero-order valence-electron chi connectivity index (χ0n) is 24.0. The van der Waals surface area contributed by atoms with Crippen molar-refractivity contribution in [1.82, 2.24) is 5.32 Å². The van der Waals surface area contributed by atoms with E-state index in [1.165, 1.54) is 17.3 Å². The summed E-state index contributed by atoms with van der Waals surface area (Å²) in [4.78, 5) is 24.2. The van der Waals surface area contributed by atoms with Crippen LogP contribution in [0.4, 0.5) is 0 Å². The number of carbonyl (C=O) groups excluding carboxylic acids is 1. The highest BCUT2D eigenvalue weighted by atomic mass is 32.2. The molecule has 0 fully saturated rings. The minimum absolute atomic E-state index is 0.270. The summed E-state index contributed by atoms with van der Waals surface area (Å²) in [6.45, 7) is 0. The molecule has 6 heteroatoms. The fraction of sp³-hybridized carbons (Fsp3) is 0.105. The van der Waals surface area contributed by atoms with E-state index in [1.807, 2.05) is 30.3 Å².